The van der Waals surface area contributed by atoms with Gasteiger partial charge in [0.2, 0.25) is 5.95 Å². The van der Waals surface area contributed by atoms with Crippen LogP contribution in [0.2, 0.25) is 0 Å². The Kier molecular flexibility index (Phi) is 6.20. The number of fused-ring (bicyclic) bond motifs is 1. The second-order valence-corrected chi connectivity index (χ2v) is 8.77. The fourth-order valence-electron chi connectivity index (χ4n) is 4.25. The van der Waals surface area contributed by atoms with Crippen molar-refractivity contribution in [2.24, 2.45) is 0 Å². The number of anilines is 2. The number of carbonyl (C=O) groups is 1. The molecule has 9 heteroatoms. The Bertz CT molecular complexity index is 1440. The van der Waals surface area contributed by atoms with Gasteiger partial charge in [0, 0.05) is 11.4 Å². The lowest BCUT2D eigenvalue weighted by atomic mass is 9.94. The number of allylic oxidation sites excluding steroid dienone is 1. The quantitative estimate of drug-likeness (QED) is 0.403. The van der Waals surface area contributed by atoms with Gasteiger partial charge in [-0.1, -0.05) is 47.1 Å². The van der Waals surface area contributed by atoms with Crippen LogP contribution in [0, 0.1) is 19.7 Å². The van der Waals surface area contributed by atoms with Gasteiger partial charge in [0.1, 0.15) is 24.2 Å². The zero-order valence-corrected chi connectivity index (χ0v) is 20.1. The second-order valence-electron chi connectivity index (χ2n) is 8.77. The van der Waals surface area contributed by atoms with Crippen molar-refractivity contribution >= 4 is 17.5 Å². The van der Waals surface area contributed by atoms with Crippen molar-refractivity contribution < 1.29 is 13.9 Å². The topological polar surface area (TPSA) is 94.0 Å². The average molecular weight is 485 g/mol. The van der Waals surface area contributed by atoms with Crippen molar-refractivity contribution in [1.29, 1.82) is 0 Å². The Hall–Kier alpha value is -4.53. The molecular weight excluding hydrogens is 459 g/mol. The number of ether oxygens (including phenoxy) is 1. The molecule has 2 N–H and O–H groups in total. The van der Waals surface area contributed by atoms with Crippen molar-refractivity contribution in [2.75, 3.05) is 10.6 Å². The normalized spacial score (nSPS) is 14.7. The highest BCUT2D eigenvalue weighted by Crippen LogP contribution is 2.35. The molecule has 1 amide bonds. The van der Waals surface area contributed by atoms with Gasteiger partial charge in [-0.05, 0) is 78.2 Å². The van der Waals surface area contributed by atoms with Crippen LogP contribution in [0.25, 0.3) is 0 Å². The SMILES string of the molecule is CC1=C(C(=O)Nc2ccc(C)cc2C)[C@H](c2ccc(OCc3ccc(F)cc3)cc2)n2nnnc2N1. The summed E-state index contributed by atoms with van der Waals surface area (Å²) in [6.45, 7) is 6.12. The van der Waals surface area contributed by atoms with E-state index in [9.17, 15) is 9.18 Å². The van der Waals surface area contributed by atoms with Crippen molar-refractivity contribution in [2.45, 2.75) is 33.4 Å². The van der Waals surface area contributed by atoms with E-state index in [2.05, 4.69) is 26.2 Å². The van der Waals surface area contributed by atoms with E-state index in [0.717, 1.165) is 27.9 Å². The summed E-state index contributed by atoms with van der Waals surface area (Å²) >= 11 is 0. The minimum Gasteiger partial charge on any atom is -0.489 e. The van der Waals surface area contributed by atoms with Gasteiger partial charge in [-0.25, -0.2) is 4.39 Å². The van der Waals surface area contributed by atoms with Crippen molar-refractivity contribution in [1.82, 2.24) is 20.2 Å². The van der Waals surface area contributed by atoms with Crippen LogP contribution in [0.4, 0.5) is 16.0 Å². The van der Waals surface area contributed by atoms with Crippen LogP contribution < -0.4 is 15.4 Å². The lowest BCUT2D eigenvalue weighted by Gasteiger charge is -2.28. The van der Waals surface area contributed by atoms with Crippen LogP contribution in [0.3, 0.4) is 0 Å². The van der Waals surface area contributed by atoms with Gasteiger partial charge in [-0.3, -0.25) is 4.79 Å². The number of hydrogen-bond donors (Lipinski definition) is 2. The molecule has 0 aliphatic carbocycles. The van der Waals surface area contributed by atoms with Crippen LogP contribution in [-0.2, 0) is 11.4 Å². The summed E-state index contributed by atoms with van der Waals surface area (Å²) in [5.41, 5.74) is 5.71. The third-order valence-electron chi connectivity index (χ3n) is 6.10. The van der Waals surface area contributed by atoms with Crippen LogP contribution in [-0.4, -0.2) is 26.1 Å². The minimum absolute atomic E-state index is 0.241. The summed E-state index contributed by atoms with van der Waals surface area (Å²) in [5, 5.41) is 18.2. The maximum absolute atomic E-state index is 13.5. The molecule has 3 aromatic carbocycles. The molecule has 1 atom stereocenters. The van der Waals surface area contributed by atoms with E-state index in [1.165, 1.54) is 12.1 Å². The number of nitrogens with zero attached hydrogens (tertiary/aromatic N) is 4. The number of nitrogens with one attached hydrogen (secondary N) is 2. The number of aromatic nitrogens is 4. The first-order chi connectivity index (χ1) is 17.4. The number of tetrazole rings is 1. The fraction of sp³-hybridized carbons (Fsp3) is 0.185. The summed E-state index contributed by atoms with van der Waals surface area (Å²) in [6, 6.07) is 19.0. The Balaban J connectivity index is 1.41. The molecule has 0 spiro atoms. The highest BCUT2D eigenvalue weighted by Gasteiger charge is 2.34. The summed E-state index contributed by atoms with van der Waals surface area (Å²) < 4.78 is 20.6. The molecule has 5 rings (SSSR count). The van der Waals surface area contributed by atoms with Gasteiger partial charge in [-0.2, -0.15) is 4.68 Å². The molecule has 0 saturated carbocycles. The summed E-state index contributed by atoms with van der Waals surface area (Å²) in [5.74, 6) is 0.579. The molecular formula is C27H25FN6O2. The second kappa shape index (κ2) is 9.61. The number of hydrogen-bond acceptors (Lipinski definition) is 6. The van der Waals surface area contributed by atoms with Crippen LogP contribution in [0.5, 0.6) is 5.75 Å². The molecule has 1 aromatic heterocycles. The van der Waals surface area contributed by atoms with Crippen molar-refractivity contribution in [3.63, 3.8) is 0 Å². The first-order valence-electron chi connectivity index (χ1n) is 11.5. The number of amides is 1. The first kappa shape index (κ1) is 23.2. The van der Waals surface area contributed by atoms with Gasteiger partial charge in [0.15, 0.2) is 0 Å². The Labute approximate surface area is 207 Å². The molecule has 8 nitrogen and oxygen atoms in total. The summed E-state index contributed by atoms with van der Waals surface area (Å²) in [4.78, 5) is 13.5. The molecule has 0 saturated heterocycles. The van der Waals surface area contributed by atoms with E-state index in [1.54, 1.807) is 16.8 Å². The van der Waals surface area contributed by atoms with Gasteiger partial charge in [0.25, 0.3) is 5.91 Å². The van der Waals surface area contributed by atoms with Crippen molar-refractivity contribution in [3.05, 3.63) is 106 Å². The van der Waals surface area contributed by atoms with E-state index in [4.69, 9.17) is 4.74 Å². The molecule has 2 heterocycles. The van der Waals surface area contributed by atoms with E-state index in [1.807, 2.05) is 63.2 Å². The zero-order valence-electron chi connectivity index (χ0n) is 20.1. The number of rotatable bonds is 6. The number of aryl methyl sites for hydroxylation is 2. The largest absolute Gasteiger partial charge is 0.489 e. The first-order valence-corrected chi connectivity index (χ1v) is 11.5. The van der Waals surface area contributed by atoms with Crippen LogP contribution in [0.15, 0.2) is 78.0 Å². The van der Waals surface area contributed by atoms with E-state index < -0.39 is 6.04 Å². The summed E-state index contributed by atoms with van der Waals surface area (Å²) in [7, 11) is 0. The fourth-order valence-corrected chi connectivity index (χ4v) is 4.25. The predicted octanol–water partition coefficient (Wildman–Crippen LogP) is 4.94. The number of halogens is 1. The standard InChI is InChI=1S/C27H25FN6O2/c1-16-4-13-23(17(2)14-16)30-26(35)24-18(3)29-27-31-32-33-34(27)25(24)20-7-11-22(12-8-20)36-15-19-5-9-21(28)10-6-19/h4-14,25H,15H2,1-3H3,(H,30,35)(H,29,31,33)/t25-/m0/s1. The smallest absolute Gasteiger partial charge is 0.255 e. The average Bonchev–Trinajstić information content (AvgIpc) is 3.33. The highest BCUT2D eigenvalue weighted by atomic mass is 19.1. The lowest BCUT2D eigenvalue weighted by Crippen LogP contribution is -2.31. The molecule has 182 valence electrons. The molecule has 1 aliphatic heterocycles. The van der Waals surface area contributed by atoms with Gasteiger partial charge >= 0.3 is 0 Å². The Morgan fingerprint density at radius 2 is 1.81 bits per heavy atom. The maximum Gasteiger partial charge on any atom is 0.255 e. The van der Waals surface area contributed by atoms with E-state index in [-0.39, 0.29) is 11.7 Å². The van der Waals surface area contributed by atoms with Gasteiger partial charge in [-0.15, -0.1) is 0 Å². The molecule has 0 radical (unpaired) electrons. The highest BCUT2D eigenvalue weighted by molar-refractivity contribution is 6.06. The lowest BCUT2D eigenvalue weighted by molar-refractivity contribution is -0.113. The van der Waals surface area contributed by atoms with E-state index in [0.29, 0.717) is 29.6 Å². The number of benzene rings is 3. The van der Waals surface area contributed by atoms with Crippen LogP contribution in [0.1, 0.15) is 35.2 Å². The maximum atomic E-state index is 13.5. The Morgan fingerprint density at radius 1 is 1.06 bits per heavy atom. The molecule has 0 fully saturated rings. The molecule has 1 aliphatic rings. The predicted molar refractivity (Wildman–Crippen MR) is 134 cm³/mol. The molecule has 4 aromatic rings. The molecule has 0 unspecified atom stereocenters. The molecule has 36 heavy (non-hydrogen) atoms. The summed E-state index contributed by atoms with van der Waals surface area (Å²) in [6.07, 6.45) is 0. The molecule has 0 bridgehead atoms. The number of carbonyl (C=O) groups excluding carboxylic acids is 1. The third kappa shape index (κ3) is 4.68. The zero-order chi connectivity index (χ0) is 25.2. The monoisotopic (exact) mass is 484 g/mol. The Morgan fingerprint density at radius 3 is 2.53 bits per heavy atom. The minimum atomic E-state index is -0.534. The van der Waals surface area contributed by atoms with Crippen molar-refractivity contribution in [3.8, 4) is 5.75 Å². The van der Waals surface area contributed by atoms with E-state index >= 15 is 0 Å². The third-order valence-corrected chi connectivity index (χ3v) is 6.10. The van der Waals surface area contributed by atoms with Gasteiger partial charge in [0.05, 0.1) is 5.57 Å². The van der Waals surface area contributed by atoms with Crippen LogP contribution >= 0.6 is 0 Å². The van der Waals surface area contributed by atoms with Gasteiger partial charge < -0.3 is 15.4 Å².